The number of phenolic OH excluding ortho intramolecular Hbond substituents is 1. The van der Waals surface area contributed by atoms with E-state index in [1.165, 1.54) is 0 Å². The first-order valence-corrected chi connectivity index (χ1v) is 5.74. The van der Waals surface area contributed by atoms with Crippen molar-refractivity contribution in [2.24, 2.45) is 0 Å². The Morgan fingerprint density at radius 2 is 1.84 bits per heavy atom. The maximum atomic E-state index is 9.50. The van der Waals surface area contributed by atoms with Crippen LogP contribution in [0, 0.1) is 0 Å². The SMILES string of the molecule is Nc1cc2ncc(-c3cccc(O)c3)cc2c(N)n1. The van der Waals surface area contributed by atoms with Crippen LogP contribution >= 0.6 is 0 Å². The molecule has 0 aliphatic heterocycles. The normalized spacial score (nSPS) is 10.7. The number of nitrogen functional groups attached to an aromatic ring is 2. The molecule has 0 amide bonds. The highest BCUT2D eigenvalue weighted by Gasteiger charge is 2.06. The molecule has 5 N–H and O–H groups in total. The molecular formula is C14H12N4O. The van der Waals surface area contributed by atoms with Gasteiger partial charge in [0.05, 0.1) is 5.52 Å². The molecule has 0 aliphatic carbocycles. The second-order valence-corrected chi connectivity index (χ2v) is 4.27. The van der Waals surface area contributed by atoms with Crippen molar-refractivity contribution in [2.45, 2.75) is 0 Å². The van der Waals surface area contributed by atoms with Gasteiger partial charge in [-0.1, -0.05) is 12.1 Å². The van der Waals surface area contributed by atoms with Crippen molar-refractivity contribution in [1.29, 1.82) is 0 Å². The molecule has 0 radical (unpaired) electrons. The van der Waals surface area contributed by atoms with E-state index in [9.17, 15) is 5.11 Å². The third kappa shape index (κ3) is 2.01. The Morgan fingerprint density at radius 1 is 1.00 bits per heavy atom. The van der Waals surface area contributed by atoms with Crippen molar-refractivity contribution >= 4 is 22.5 Å². The monoisotopic (exact) mass is 252 g/mol. The molecule has 0 fully saturated rings. The van der Waals surface area contributed by atoms with Gasteiger partial charge in [0.1, 0.15) is 17.4 Å². The Bertz CT molecular complexity index is 770. The van der Waals surface area contributed by atoms with Crippen LogP contribution in [0.5, 0.6) is 5.75 Å². The van der Waals surface area contributed by atoms with Gasteiger partial charge < -0.3 is 16.6 Å². The molecule has 0 atom stereocenters. The van der Waals surface area contributed by atoms with Crippen LogP contribution < -0.4 is 11.5 Å². The number of benzene rings is 1. The van der Waals surface area contributed by atoms with E-state index in [0.29, 0.717) is 17.2 Å². The van der Waals surface area contributed by atoms with Gasteiger partial charge in [-0.25, -0.2) is 4.98 Å². The summed E-state index contributed by atoms with van der Waals surface area (Å²) in [6.07, 6.45) is 1.72. The Kier molecular flexibility index (Phi) is 2.45. The molecule has 0 aliphatic rings. The van der Waals surface area contributed by atoms with Gasteiger partial charge in [-0.3, -0.25) is 4.98 Å². The molecule has 5 nitrogen and oxygen atoms in total. The maximum Gasteiger partial charge on any atom is 0.135 e. The van der Waals surface area contributed by atoms with E-state index in [-0.39, 0.29) is 5.75 Å². The van der Waals surface area contributed by atoms with Gasteiger partial charge in [-0.15, -0.1) is 0 Å². The van der Waals surface area contributed by atoms with Gasteiger partial charge >= 0.3 is 0 Å². The van der Waals surface area contributed by atoms with Gasteiger partial charge in [-0.05, 0) is 23.8 Å². The minimum absolute atomic E-state index is 0.209. The Morgan fingerprint density at radius 3 is 2.63 bits per heavy atom. The lowest BCUT2D eigenvalue weighted by atomic mass is 10.1. The van der Waals surface area contributed by atoms with Gasteiger partial charge in [0, 0.05) is 23.2 Å². The highest BCUT2D eigenvalue weighted by Crippen LogP contribution is 2.27. The summed E-state index contributed by atoms with van der Waals surface area (Å²) in [5.74, 6) is 0.910. The zero-order valence-electron chi connectivity index (χ0n) is 10.0. The van der Waals surface area contributed by atoms with Crippen LogP contribution in [0.4, 0.5) is 11.6 Å². The number of phenols is 1. The third-order valence-corrected chi connectivity index (χ3v) is 2.91. The molecule has 19 heavy (non-hydrogen) atoms. The van der Waals surface area contributed by atoms with Gasteiger partial charge in [0.25, 0.3) is 0 Å². The summed E-state index contributed by atoms with van der Waals surface area (Å²) in [4.78, 5) is 8.35. The first-order chi connectivity index (χ1) is 9.13. The molecule has 3 rings (SSSR count). The van der Waals surface area contributed by atoms with Gasteiger partial charge in [-0.2, -0.15) is 0 Å². The maximum absolute atomic E-state index is 9.50. The summed E-state index contributed by atoms with van der Waals surface area (Å²) < 4.78 is 0. The van der Waals surface area contributed by atoms with E-state index < -0.39 is 0 Å². The number of rotatable bonds is 1. The number of hydrogen-bond acceptors (Lipinski definition) is 5. The molecular weight excluding hydrogens is 240 g/mol. The predicted molar refractivity (Wildman–Crippen MR) is 75.5 cm³/mol. The fourth-order valence-corrected chi connectivity index (χ4v) is 2.01. The van der Waals surface area contributed by atoms with Crippen molar-refractivity contribution in [2.75, 3.05) is 11.5 Å². The van der Waals surface area contributed by atoms with Crippen LogP contribution in [0.15, 0.2) is 42.6 Å². The van der Waals surface area contributed by atoms with Crippen LogP contribution in [-0.2, 0) is 0 Å². The van der Waals surface area contributed by atoms with E-state index in [1.807, 2.05) is 12.1 Å². The van der Waals surface area contributed by atoms with Crippen LogP contribution in [0.1, 0.15) is 0 Å². The van der Waals surface area contributed by atoms with E-state index in [0.717, 1.165) is 16.5 Å². The molecule has 1 aromatic carbocycles. The minimum Gasteiger partial charge on any atom is -0.508 e. The van der Waals surface area contributed by atoms with Crippen LogP contribution in [0.25, 0.3) is 22.0 Å². The smallest absolute Gasteiger partial charge is 0.135 e. The lowest BCUT2D eigenvalue weighted by Crippen LogP contribution is -1.98. The Hall–Kier alpha value is -2.82. The summed E-state index contributed by atoms with van der Waals surface area (Å²) in [6.45, 7) is 0. The lowest BCUT2D eigenvalue weighted by Gasteiger charge is -2.06. The summed E-state index contributed by atoms with van der Waals surface area (Å²) >= 11 is 0. The van der Waals surface area contributed by atoms with Crippen molar-refractivity contribution in [3.05, 3.63) is 42.6 Å². The number of hydrogen-bond donors (Lipinski definition) is 3. The molecule has 0 unspecified atom stereocenters. The van der Waals surface area contributed by atoms with Crippen LogP contribution in [0.3, 0.4) is 0 Å². The predicted octanol–water partition coefficient (Wildman–Crippen LogP) is 2.17. The third-order valence-electron chi connectivity index (χ3n) is 2.91. The van der Waals surface area contributed by atoms with E-state index in [4.69, 9.17) is 11.5 Å². The molecule has 0 bridgehead atoms. The Labute approximate surface area is 109 Å². The van der Waals surface area contributed by atoms with Gasteiger partial charge in [0.15, 0.2) is 0 Å². The van der Waals surface area contributed by atoms with Crippen molar-refractivity contribution in [3.63, 3.8) is 0 Å². The minimum atomic E-state index is 0.209. The lowest BCUT2D eigenvalue weighted by molar-refractivity contribution is 0.475. The number of fused-ring (bicyclic) bond motifs is 1. The zero-order chi connectivity index (χ0) is 13.4. The first kappa shape index (κ1) is 11.3. The van der Waals surface area contributed by atoms with Crippen LogP contribution in [0.2, 0.25) is 0 Å². The number of nitrogens with two attached hydrogens (primary N) is 2. The standard InChI is InChI=1S/C14H12N4O/c15-13-6-12-11(14(16)18-13)5-9(7-17-12)8-2-1-3-10(19)4-8/h1-7,19H,(H4,15,16,18). The molecule has 2 heterocycles. The molecule has 0 spiro atoms. The van der Waals surface area contributed by atoms with Crippen molar-refractivity contribution in [1.82, 2.24) is 9.97 Å². The van der Waals surface area contributed by atoms with Crippen molar-refractivity contribution < 1.29 is 5.11 Å². The fourth-order valence-electron chi connectivity index (χ4n) is 2.01. The topological polar surface area (TPSA) is 98.0 Å². The Balaban J connectivity index is 2.22. The number of pyridine rings is 2. The molecule has 0 saturated carbocycles. The number of anilines is 2. The highest BCUT2D eigenvalue weighted by molar-refractivity contribution is 5.92. The number of nitrogens with zero attached hydrogens (tertiary/aromatic N) is 2. The average Bonchev–Trinajstić information content (AvgIpc) is 2.38. The molecule has 2 aromatic heterocycles. The summed E-state index contributed by atoms with van der Waals surface area (Å²) in [6, 6.07) is 10.5. The molecule has 0 saturated heterocycles. The largest absolute Gasteiger partial charge is 0.508 e. The van der Waals surface area contributed by atoms with Gasteiger partial charge in [0.2, 0.25) is 0 Å². The quantitative estimate of drug-likeness (QED) is 0.616. The average molecular weight is 252 g/mol. The molecule has 5 heteroatoms. The second-order valence-electron chi connectivity index (χ2n) is 4.27. The first-order valence-electron chi connectivity index (χ1n) is 5.74. The van der Waals surface area contributed by atoms with E-state index >= 15 is 0 Å². The number of aromatic nitrogens is 2. The summed E-state index contributed by atoms with van der Waals surface area (Å²) in [5.41, 5.74) is 13.9. The highest BCUT2D eigenvalue weighted by atomic mass is 16.3. The summed E-state index contributed by atoms with van der Waals surface area (Å²) in [5, 5.41) is 10.3. The van der Waals surface area contributed by atoms with Crippen LogP contribution in [-0.4, -0.2) is 15.1 Å². The number of aromatic hydroxyl groups is 1. The summed E-state index contributed by atoms with van der Waals surface area (Å²) in [7, 11) is 0. The van der Waals surface area contributed by atoms with Crippen molar-refractivity contribution in [3.8, 4) is 16.9 Å². The molecule has 94 valence electrons. The second kappa shape index (κ2) is 4.13. The molecule has 3 aromatic rings. The zero-order valence-corrected chi connectivity index (χ0v) is 10.0. The fraction of sp³-hybridized carbons (Fsp3) is 0. The van der Waals surface area contributed by atoms with E-state index in [2.05, 4.69) is 9.97 Å². The van der Waals surface area contributed by atoms with E-state index in [1.54, 1.807) is 30.5 Å².